The van der Waals surface area contributed by atoms with Crippen molar-refractivity contribution in [3.8, 4) is 5.75 Å². The fraction of sp³-hybridized carbons (Fsp3) is 0.611. The predicted molar refractivity (Wildman–Crippen MR) is 90.4 cm³/mol. The second-order valence-corrected chi connectivity index (χ2v) is 5.74. The van der Waals surface area contributed by atoms with E-state index in [0.717, 1.165) is 18.4 Å². The van der Waals surface area contributed by atoms with Gasteiger partial charge in [0.1, 0.15) is 5.75 Å². The molecule has 3 nitrogen and oxygen atoms in total. The van der Waals surface area contributed by atoms with Crippen molar-refractivity contribution in [1.29, 1.82) is 0 Å². The summed E-state index contributed by atoms with van der Waals surface area (Å²) in [5.41, 5.74) is 1.02. The second kappa shape index (κ2) is 11.4. The Balaban J connectivity index is 2.18. The van der Waals surface area contributed by atoms with Crippen LogP contribution in [0.1, 0.15) is 57.9 Å². The molecule has 0 bridgehead atoms. The van der Waals surface area contributed by atoms with Crippen LogP contribution in [0.2, 0.25) is 0 Å². The predicted octanol–water partition coefficient (Wildman–Crippen LogP) is 5.10. The number of ether oxygens (including phenoxy) is 2. The fourth-order valence-corrected chi connectivity index (χ4v) is 2.26. The maximum Gasteiger partial charge on any atom is 0.347 e. The van der Waals surface area contributed by atoms with E-state index in [1.54, 1.807) is 6.92 Å². The van der Waals surface area contributed by atoms with Gasteiger partial charge in [-0.05, 0) is 31.0 Å². The molecule has 0 fully saturated rings. The summed E-state index contributed by atoms with van der Waals surface area (Å²) in [5, 5.41) is 0. The lowest BCUT2D eigenvalue weighted by Crippen LogP contribution is -2.26. The molecule has 1 aromatic carbocycles. The maximum absolute atomic E-state index is 11.8. The summed E-state index contributed by atoms with van der Waals surface area (Å²) in [6.45, 7) is 4.38. The molecule has 1 rings (SSSR count). The number of hydrogen-bond donors (Lipinski definition) is 0. The molecule has 4 heteroatoms. The van der Waals surface area contributed by atoms with Crippen LogP contribution < -0.4 is 4.74 Å². The third-order valence-corrected chi connectivity index (χ3v) is 3.77. The average molecular weight is 327 g/mol. The van der Waals surface area contributed by atoms with Gasteiger partial charge in [0.05, 0.1) is 6.61 Å². The third kappa shape index (κ3) is 7.69. The molecule has 0 aliphatic carbocycles. The Bertz CT molecular complexity index is 417. The Kier molecular flexibility index (Phi) is 9.72. The van der Waals surface area contributed by atoms with Crippen molar-refractivity contribution < 1.29 is 14.3 Å². The smallest absolute Gasteiger partial charge is 0.347 e. The first kappa shape index (κ1) is 18.8. The molecule has 1 aromatic rings. The van der Waals surface area contributed by atoms with Gasteiger partial charge in [0.25, 0.3) is 0 Å². The van der Waals surface area contributed by atoms with Crippen molar-refractivity contribution >= 4 is 17.6 Å². The molecule has 0 N–H and O–H groups in total. The minimum absolute atomic E-state index is 0.310. The zero-order chi connectivity index (χ0) is 16.2. The summed E-state index contributed by atoms with van der Waals surface area (Å²) >= 11 is 5.73. The number of esters is 1. The molecule has 0 aliphatic heterocycles. The monoisotopic (exact) mass is 326 g/mol. The Hall–Kier alpha value is -1.22. The first-order valence-corrected chi connectivity index (χ1v) is 8.69. The molecule has 0 aromatic heterocycles. The molecule has 22 heavy (non-hydrogen) atoms. The highest BCUT2D eigenvalue weighted by molar-refractivity contribution is 6.17. The Labute approximate surface area is 139 Å². The zero-order valence-electron chi connectivity index (χ0n) is 13.6. The van der Waals surface area contributed by atoms with Crippen LogP contribution in [0.4, 0.5) is 0 Å². The molecule has 0 saturated carbocycles. The molecule has 0 spiro atoms. The van der Waals surface area contributed by atoms with E-state index in [1.165, 1.54) is 25.7 Å². The van der Waals surface area contributed by atoms with E-state index in [1.807, 2.05) is 24.3 Å². The number of unbranched alkanes of at least 4 members (excludes halogenated alkanes) is 5. The SMILES string of the molecule is CCCCCCCCOC(=O)C(C)Oc1ccc(CCl)cc1. The number of rotatable bonds is 11. The Morgan fingerprint density at radius 2 is 1.73 bits per heavy atom. The minimum Gasteiger partial charge on any atom is -0.479 e. The summed E-state index contributed by atoms with van der Waals surface area (Å²) in [5.74, 6) is 0.809. The van der Waals surface area contributed by atoms with Crippen molar-refractivity contribution in [2.75, 3.05) is 6.61 Å². The van der Waals surface area contributed by atoms with Gasteiger partial charge in [0, 0.05) is 5.88 Å². The van der Waals surface area contributed by atoms with Crippen LogP contribution in [0.5, 0.6) is 5.75 Å². The van der Waals surface area contributed by atoms with Gasteiger partial charge in [-0.15, -0.1) is 11.6 Å². The van der Waals surface area contributed by atoms with Crippen molar-refractivity contribution in [1.82, 2.24) is 0 Å². The largest absolute Gasteiger partial charge is 0.479 e. The highest BCUT2D eigenvalue weighted by Gasteiger charge is 2.16. The third-order valence-electron chi connectivity index (χ3n) is 3.46. The van der Waals surface area contributed by atoms with Crippen LogP contribution in [0, 0.1) is 0 Å². The first-order valence-electron chi connectivity index (χ1n) is 8.15. The van der Waals surface area contributed by atoms with Crippen LogP contribution in [0.15, 0.2) is 24.3 Å². The second-order valence-electron chi connectivity index (χ2n) is 5.47. The van der Waals surface area contributed by atoms with Gasteiger partial charge in [-0.2, -0.15) is 0 Å². The van der Waals surface area contributed by atoms with Gasteiger partial charge in [0.15, 0.2) is 6.10 Å². The van der Waals surface area contributed by atoms with Crippen LogP contribution in [-0.2, 0) is 15.4 Å². The van der Waals surface area contributed by atoms with E-state index in [4.69, 9.17) is 21.1 Å². The minimum atomic E-state index is -0.595. The van der Waals surface area contributed by atoms with E-state index in [-0.39, 0.29) is 5.97 Å². The number of alkyl halides is 1. The quantitative estimate of drug-likeness (QED) is 0.322. The van der Waals surface area contributed by atoms with Gasteiger partial charge in [0.2, 0.25) is 0 Å². The summed E-state index contributed by atoms with van der Waals surface area (Å²) in [6, 6.07) is 7.40. The normalized spacial score (nSPS) is 12.0. The van der Waals surface area contributed by atoms with Crippen LogP contribution in [-0.4, -0.2) is 18.7 Å². The van der Waals surface area contributed by atoms with E-state index in [9.17, 15) is 4.79 Å². The van der Waals surface area contributed by atoms with Crippen molar-refractivity contribution in [2.45, 2.75) is 64.4 Å². The molecule has 0 amide bonds. The average Bonchev–Trinajstić information content (AvgIpc) is 2.54. The molecule has 0 saturated heterocycles. The van der Waals surface area contributed by atoms with E-state index >= 15 is 0 Å². The van der Waals surface area contributed by atoms with Crippen LogP contribution in [0.25, 0.3) is 0 Å². The lowest BCUT2D eigenvalue weighted by molar-refractivity contribution is -0.151. The summed E-state index contributed by atoms with van der Waals surface area (Å²) in [6.07, 6.45) is 6.45. The van der Waals surface area contributed by atoms with E-state index in [2.05, 4.69) is 6.92 Å². The zero-order valence-corrected chi connectivity index (χ0v) is 14.4. The first-order chi connectivity index (χ1) is 10.7. The molecule has 1 atom stereocenters. The number of halogens is 1. The molecule has 0 heterocycles. The number of carbonyl (C=O) groups excluding carboxylic acids is 1. The molecular formula is C18H27ClO3. The highest BCUT2D eigenvalue weighted by Crippen LogP contribution is 2.15. The lowest BCUT2D eigenvalue weighted by atomic mass is 10.1. The highest BCUT2D eigenvalue weighted by atomic mass is 35.5. The summed E-state index contributed by atoms with van der Waals surface area (Å²) in [7, 11) is 0. The molecule has 0 aliphatic rings. The lowest BCUT2D eigenvalue weighted by Gasteiger charge is -2.14. The Morgan fingerprint density at radius 3 is 2.36 bits per heavy atom. The van der Waals surface area contributed by atoms with Gasteiger partial charge in [-0.3, -0.25) is 0 Å². The molecular weight excluding hydrogens is 300 g/mol. The van der Waals surface area contributed by atoms with Gasteiger partial charge >= 0.3 is 5.97 Å². The van der Waals surface area contributed by atoms with Crippen LogP contribution in [0.3, 0.4) is 0 Å². The van der Waals surface area contributed by atoms with Gasteiger partial charge < -0.3 is 9.47 Å². The van der Waals surface area contributed by atoms with Crippen LogP contribution >= 0.6 is 11.6 Å². The maximum atomic E-state index is 11.8. The summed E-state index contributed by atoms with van der Waals surface area (Å²) in [4.78, 5) is 11.8. The number of benzene rings is 1. The molecule has 124 valence electrons. The van der Waals surface area contributed by atoms with Crippen molar-refractivity contribution in [3.05, 3.63) is 29.8 Å². The van der Waals surface area contributed by atoms with E-state index in [0.29, 0.717) is 18.2 Å². The topological polar surface area (TPSA) is 35.5 Å². The Morgan fingerprint density at radius 1 is 1.09 bits per heavy atom. The van der Waals surface area contributed by atoms with Crippen molar-refractivity contribution in [3.63, 3.8) is 0 Å². The molecule has 1 unspecified atom stereocenters. The fourth-order valence-electron chi connectivity index (χ4n) is 2.08. The standard InChI is InChI=1S/C18H27ClO3/c1-3-4-5-6-7-8-13-21-18(20)15(2)22-17-11-9-16(14-19)10-12-17/h9-12,15H,3-8,13-14H2,1-2H3. The number of hydrogen-bond acceptors (Lipinski definition) is 3. The number of carbonyl (C=O) groups is 1. The van der Waals surface area contributed by atoms with Gasteiger partial charge in [-0.1, -0.05) is 51.2 Å². The van der Waals surface area contributed by atoms with Gasteiger partial charge in [-0.25, -0.2) is 4.79 Å². The van der Waals surface area contributed by atoms with Crippen molar-refractivity contribution in [2.24, 2.45) is 0 Å². The summed E-state index contributed by atoms with van der Waals surface area (Å²) < 4.78 is 10.8. The molecule has 0 radical (unpaired) electrons. The van der Waals surface area contributed by atoms with E-state index < -0.39 is 6.10 Å².